The lowest BCUT2D eigenvalue weighted by atomic mass is 9.93. The van der Waals surface area contributed by atoms with Crippen molar-refractivity contribution in [1.82, 2.24) is 0 Å². The lowest BCUT2D eigenvalue weighted by molar-refractivity contribution is -0.563. The molecule has 0 unspecified atom stereocenters. The fourth-order valence-electron chi connectivity index (χ4n) is 4.65. The molecule has 1 heterocycles. The van der Waals surface area contributed by atoms with Crippen LogP contribution in [0.15, 0.2) is 97.1 Å². The van der Waals surface area contributed by atoms with Gasteiger partial charge < -0.3 is 5.21 Å². The third-order valence-electron chi connectivity index (χ3n) is 6.09. The van der Waals surface area contributed by atoms with Crippen molar-refractivity contribution in [3.63, 3.8) is 0 Å². The molecule has 2 heteroatoms. The molecule has 0 spiro atoms. The molecular weight excluding hydrogens is 366 g/mol. The lowest BCUT2D eigenvalue weighted by Crippen LogP contribution is -2.30. The minimum atomic E-state index is 0.702. The zero-order chi connectivity index (χ0) is 20.2. The maximum absolute atomic E-state index is 13.7. The van der Waals surface area contributed by atoms with Gasteiger partial charge in [-0.3, -0.25) is 0 Å². The van der Waals surface area contributed by atoms with Gasteiger partial charge in [0.25, 0.3) is 0 Å². The summed E-state index contributed by atoms with van der Waals surface area (Å²) in [6, 6.07) is 33.2. The summed E-state index contributed by atoms with van der Waals surface area (Å²) >= 11 is 0. The van der Waals surface area contributed by atoms with Crippen LogP contribution in [0.5, 0.6) is 0 Å². The van der Waals surface area contributed by atoms with Gasteiger partial charge in [-0.1, -0.05) is 72.3 Å². The Bertz CT molecular complexity index is 1600. The van der Waals surface area contributed by atoms with E-state index in [0.29, 0.717) is 11.2 Å². The number of pyridine rings is 1. The quantitative estimate of drug-likeness (QED) is 0.172. The number of rotatable bonds is 1. The van der Waals surface area contributed by atoms with Crippen molar-refractivity contribution in [2.75, 3.05) is 0 Å². The van der Waals surface area contributed by atoms with Crippen molar-refractivity contribution in [2.24, 2.45) is 0 Å². The first-order chi connectivity index (χ1) is 14.7. The van der Waals surface area contributed by atoms with Crippen molar-refractivity contribution < 1.29 is 4.73 Å². The molecule has 6 rings (SSSR count). The van der Waals surface area contributed by atoms with Crippen LogP contribution in [0.2, 0.25) is 0 Å². The number of nitrogens with zero attached hydrogens (tertiary/aromatic N) is 1. The Hall–Kier alpha value is -3.91. The van der Waals surface area contributed by atoms with Crippen LogP contribution in [-0.2, 0) is 0 Å². The van der Waals surface area contributed by atoms with Crippen LogP contribution in [0.3, 0.4) is 0 Å². The van der Waals surface area contributed by atoms with Crippen LogP contribution in [0.1, 0.15) is 5.56 Å². The first-order valence-corrected chi connectivity index (χ1v) is 10.2. The average Bonchev–Trinajstić information content (AvgIpc) is 2.79. The second kappa shape index (κ2) is 6.30. The first kappa shape index (κ1) is 17.0. The third kappa shape index (κ3) is 2.34. The van der Waals surface area contributed by atoms with Crippen molar-refractivity contribution in [3.05, 3.63) is 108 Å². The normalized spacial score (nSPS) is 11.6. The number of benzene rings is 5. The molecule has 30 heavy (non-hydrogen) atoms. The van der Waals surface area contributed by atoms with E-state index in [0.717, 1.165) is 37.2 Å². The Morgan fingerprint density at radius 3 is 2.00 bits per heavy atom. The van der Waals surface area contributed by atoms with E-state index in [2.05, 4.69) is 79.7 Å². The molecule has 0 saturated heterocycles. The second-order valence-corrected chi connectivity index (χ2v) is 7.90. The lowest BCUT2D eigenvalue weighted by Gasteiger charge is -2.15. The standard InChI is InChI=1S/C28H19NO/c1-18-10-12-21(13-11-18)28-24-9-5-4-8-23(24)27-25(29(28)30)17-16-20-15-14-19-6-2-3-7-22(19)26(20)27/h2-17H,1H3. The van der Waals surface area contributed by atoms with E-state index >= 15 is 0 Å². The Balaban J connectivity index is 1.89. The zero-order valence-corrected chi connectivity index (χ0v) is 16.6. The number of aromatic nitrogens is 1. The Morgan fingerprint density at radius 1 is 0.567 bits per heavy atom. The van der Waals surface area contributed by atoms with E-state index < -0.39 is 0 Å². The maximum Gasteiger partial charge on any atom is 0.232 e. The molecule has 0 aliphatic heterocycles. The van der Waals surface area contributed by atoms with Gasteiger partial charge in [0.05, 0.1) is 10.8 Å². The smallest absolute Gasteiger partial charge is 0.232 e. The topological polar surface area (TPSA) is 26.9 Å². The van der Waals surface area contributed by atoms with E-state index in [1.54, 1.807) is 0 Å². The molecule has 1 aromatic heterocycles. The molecule has 2 nitrogen and oxygen atoms in total. The van der Waals surface area contributed by atoms with Gasteiger partial charge in [-0.15, -0.1) is 0 Å². The molecule has 0 saturated carbocycles. The molecule has 0 aliphatic carbocycles. The molecule has 0 bridgehead atoms. The molecular formula is C28H19NO. The molecule has 0 fully saturated rings. The van der Waals surface area contributed by atoms with Gasteiger partial charge in [0.2, 0.25) is 11.2 Å². The Labute approximate surface area is 174 Å². The number of hydrogen-bond donors (Lipinski definition) is 0. The molecule has 6 aromatic rings. The molecule has 0 aliphatic rings. The summed E-state index contributed by atoms with van der Waals surface area (Å²) in [6.07, 6.45) is 0. The highest BCUT2D eigenvalue weighted by atomic mass is 16.5. The van der Waals surface area contributed by atoms with Gasteiger partial charge in [-0.25, -0.2) is 0 Å². The number of hydrogen-bond acceptors (Lipinski definition) is 1. The highest BCUT2D eigenvalue weighted by Gasteiger charge is 2.21. The minimum absolute atomic E-state index is 0.702. The van der Waals surface area contributed by atoms with Gasteiger partial charge >= 0.3 is 0 Å². The summed E-state index contributed by atoms with van der Waals surface area (Å²) in [7, 11) is 0. The minimum Gasteiger partial charge on any atom is -0.618 e. The van der Waals surface area contributed by atoms with Gasteiger partial charge in [0.15, 0.2) is 0 Å². The van der Waals surface area contributed by atoms with E-state index in [1.807, 2.05) is 24.3 Å². The van der Waals surface area contributed by atoms with Gasteiger partial charge in [-0.2, -0.15) is 4.73 Å². The second-order valence-electron chi connectivity index (χ2n) is 7.90. The van der Waals surface area contributed by atoms with Gasteiger partial charge in [0, 0.05) is 22.4 Å². The molecule has 5 aromatic carbocycles. The Kier molecular flexibility index (Phi) is 3.57. The van der Waals surface area contributed by atoms with E-state index in [4.69, 9.17) is 0 Å². The van der Waals surface area contributed by atoms with E-state index in [1.165, 1.54) is 16.3 Å². The highest BCUT2D eigenvalue weighted by molar-refractivity contribution is 6.27. The summed E-state index contributed by atoms with van der Waals surface area (Å²) in [4.78, 5) is 0. The van der Waals surface area contributed by atoms with E-state index in [-0.39, 0.29) is 0 Å². The van der Waals surface area contributed by atoms with Crippen LogP contribution < -0.4 is 4.73 Å². The molecule has 0 atom stereocenters. The third-order valence-corrected chi connectivity index (χ3v) is 6.09. The van der Waals surface area contributed by atoms with Crippen molar-refractivity contribution >= 4 is 43.2 Å². The maximum atomic E-state index is 13.7. The summed E-state index contributed by atoms with van der Waals surface area (Å²) in [5, 5.41) is 21.5. The predicted molar refractivity (Wildman–Crippen MR) is 126 cm³/mol. The first-order valence-electron chi connectivity index (χ1n) is 10.2. The van der Waals surface area contributed by atoms with Crippen LogP contribution in [0, 0.1) is 12.1 Å². The van der Waals surface area contributed by atoms with E-state index in [9.17, 15) is 5.21 Å². The van der Waals surface area contributed by atoms with Gasteiger partial charge in [-0.05, 0) is 47.3 Å². The number of aryl methyl sites for hydroxylation is 1. The zero-order valence-electron chi connectivity index (χ0n) is 16.6. The van der Waals surface area contributed by atoms with Gasteiger partial charge in [0.1, 0.15) is 0 Å². The molecule has 0 radical (unpaired) electrons. The van der Waals surface area contributed by atoms with Crippen molar-refractivity contribution in [1.29, 1.82) is 0 Å². The summed E-state index contributed by atoms with van der Waals surface area (Å²) in [5.41, 5.74) is 3.52. The number of fused-ring (bicyclic) bond motifs is 7. The van der Waals surface area contributed by atoms with Crippen LogP contribution in [0.4, 0.5) is 0 Å². The van der Waals surface area contributed by atoms with Crippen LogP contribution in [0.25, 0.3) is 54.5 Å². The monoisotopic (exact) mass is 385 g/mol. The fraction of sp³-hybridized carbons (Fsp3) is 0.0357. The highest BCUT2D eigenvalue weighted by Crippen LogP contribution is 2.37. The molecule has 0 N–H and O–H groups in total. The summed E-state index contributed by atoms with van der Waals surface area (Å²) in [6.45, 7) is 2.06. The fourth-order valence-corrected chi connectivity index (χ4v) is 4.65. The van der Waals surface area contributed by atoms with Crippen molar-refractivity contribution in [2.45, 2.75) is 6.92 Å². The van der Waals surface area contributed by atoms with Crippen molar-refractivity contribution in [3.8, 4) is 11.3 Å². The predicted octanol–water partition coefficient (Wildman–Crippen LogP) is 6.91. The summed E-state index contributed by atoms with van der Waals surface area (Å²) < 4.78 is 1.11. The van der Waals surface area contributed by atoms with Crippen LogP contribution >= 0.6 is 0 Å². The molecule has 0 amide bonds. The Morgan fingerprint density at radius 2 is 1.20 bits per heavy atom. The SMILES string of the molecule is Cc1ccc(-c2c3ccccc3c3c4c(ccc5ccccc54)ccc3[n+]2[O-])cc1. The summed E-state index contributed by atoms with van der Waals surface area (Å²) in [5.74, 6) is 0. The largest absolute Gasteiger partial charge is 0.618 e. The molecule has 142 valence electrons. The average molecular weight is 385 g/mol. The van der Waals surface area contributed by atoms with Crippen LogP contribution in [-0.4, -0.2) is 0 Å².